The zero-order valence-electron chi connectivity index (χ0n) is 9.67. The normalized spacial score (nSPS) is 12.2. The molecule has 17 heavy (non-hydrogen) atoms. The van der Waals surface area contributed by atoms with Crippen LogP contribution >= 0.6 is 0 Å². The lowest BCUT2D eigenvalue weighted by Crippen LogP contribution is -2.27. The van der Waals surface area contributed by atoms with E-state index in [9.17, 15) is 13.6 Å². The molecule has 1 unspecified atom stereocenters. The van der Waals surface area contributed by atoms with Gasteiger partial charge in [-0.05, 0) is 18.6 Å². The number of halogens is 2. The first kappa shape index (κ1) is 13.6. The predicted molar refractivity (Wildman–Crippen MR) is 62.5 cm³/mol. The number of hydrogen-bond acceptors (Lipinski definition) is 2. The maximum atomic E-state index is 13.2. The highest BCUT2D eigenvalue weighted by atomic mass is 19.1. The second-order valence-corrected chi connectivity index (χ2v) is 3.90. The van der Waals surface area contributed by atoms with Crippen molar-refractivity contribution in [3.8, 4) is 0 Å². The first-order valence-electron chi connectivity index (χ1n) is 5.54. The van der Waals surface area contributed by atoms with Crippen LogP contribution in [0.1, 0.15) is 26.2 Å². The molecule has 1 rings (SSSR count). The third-order valence-electron chi connectivity index (χ3n) is 2.33. The average Bonchev–Trinajstić information content (AvgIpc) is 2.24. The van der Waals surface area contributed by atoms with E-state index < -0.39 is 23.2 Å². The smallest absolute Gasteiger partial charge is 0.226 e. The number of nitrogens with one attached hydrogen (secondary N) is 1. The zero-order valence-corrected chi connectivity index (χ0v) is 9.67. The third kappa shape index (κ3) is 4.11. The van der Waals surface area contributed by atoms with E-state index in [4.69, 9.17) is 5.73 Å². The molecule has 0 radical (unpaired) electrons. The molecule has 1 aromatic rings. The number of rotatable bonds is 5. The van der Waals surface area contributed by atoms with E-state index in [0.717, 1.165) is 18.6 Å². The van der Waals surface area contributed by atoms with Crippen molar-refractivity contribution in [1.82, 2.24) is 0 Å². The second kappa shape index (κ2) is 6.30. The van der Waals surface area contributed by atoms with Gasteiger partial charge in [0.2, 0.25) is 5.91 Å². The summed E-state index contributed by atoms with van der Waals surface area (Å²) in [4.78, 5) is 11.5. The number of para-hydroxylation sites is 1. The van der Waals surface area contributed by atoms with Gasteiger partial charge in [-0.2, -0.15) is 0 Å². The lowest BCUT2D eigenvalue weighted by molar-refractivity contribution is -0.116. The van der Waals surface area contributed by atoms with Crippen LogP contribution in [0.2, 0.25) is 0 Å². The standard InChI is InChI=1S/C12H16F2N2O/c1-2-4-8(15)7-11(17)16-12-9(13)5-3-6-10(12)14/h3,5-6,8H,2,4,7,15H2,1H3,(H,16,17). The van der Waals surface area contributed by atoms with E-state index >= 15 is 0 Å². The minimum absolute atomic E-state index is 0.0572. The predicted octanol–water partition coefficient (Wildman–Crippen LogP) is 2.42. The highest BCUT2D eigenvalue weighted by Gasteiger charge is 2.14. The van der Waals surface area contributed by atoms with E-state index in [1.54, 1.807) is 0 Å². The third-order valence-corrected chi connectivity index (χ3v) is 2.33. The van der Waals surface area contributed by atoms with Gasteiger partial charge in [-0.1, -0.05) is 19.4 Å². The van der Waals surface area contributed by atoms with Crippen LogP contribution in [0.15, 0.2) is 18.2 Å². The molecule has 0 aliphatic heterocycles. The van der Waals surface area contributed by atoms with Crippen LogP contribution in [-0.4, -0.2) is 11.9 Å². The summed E-state index contributed by atoms with van der Waals surface area (Å²) < 4.78 is 26.4. The molecule has 1 atom stereocenters. The molecule has 3 nitrogen and oxygen atoms in total. The number of benzene rings is 1. The van der Waals surface area contributed by atoms with Crippen LogP contribution in [0.4, 0.5) is 14.5 Å². The summed E-state index contributed by atoms with van der Waals surface area (Å²) in [6.07, 6.45) is 1.62. The van der Waals surface area contributed by atoms with Gasteiger partial charge in [0.1, 0.15) is 17.3 Å². The van der Waals surface area contributed by atoms with Gasteiger partial charge in [0, 0.05) is 12.5 Å². The zero-order chi connectivity index (χ0) is 12.8. The lowest BCUT2D eigenvalue weighted by atomic mass is 10.1. The Morgan fingerprint density at radius 1 is 1.41 bits per heavy atom. The van der Waals surface area contributed by atoms with E-state index in [1.807, 2.05) is 6.92 Å². The van der Waals surface area contributed by atoms with E-state index in [-0.39, 0.29) is 12.5 Å². The van der Waals surface area contributed by atoms with Crippen molar-refractivity contribution in [1.29, 1.82) is 0 Å². The average molecular weight is 242 g/mol. The van der Waals surface area contributed by atoms with Gasteiger partial charge in [-0.15, -0.1) is 0 Å². The van der Waals surface area contributed by atoms with E-state index in [1.165, 1.54) is 6.07 Å². The molecule has 0 bridgehead atoms. The Bertz CT molecular complexity index is 376. The maximum Gasteiger partial charge on any atom is 0.226 e. The van der Waals surface area contributed by atoms with Crippen molar-refractivity contribution in [2.75, 3.05) is 5.32 Å². The summed E-state index contributed by atoms with van der Waals surface area (Å²) in [5.41, 5.74) is 5.25. The van der Waals surface area contributed by atoms with Gasteiger partial charge in [0.15, 0.2) is 0 Å². The molecule has 0 fully saturated rings. The molecule has 0 saturated heterocycles. The fourth-order valence-electron chi connectivity index (χ4n) is 1.52. The summed E-state index contributed by atoms with van der Waals surface area (Å²) in [7, 11) is 0. The molecule has 1 aromatic carbocycles. The first-order valence-corrected chi connectivity index (χ1v) is 5.54. The molecular weight excluding hydrogens is 226 g/mol. The molecule has 1 amide bonds. The second-order valence-electron chi connectivity index (χ2n) is 3.90. The molecular formula is C12H16F2N2O. The number of amides is 1. The van der Waals surface area contributed by atoms with E-state index in [0.29, 0.717) is 6.42 Å². The summed E-state index contributed by atoms with van der Waals surface area (Å²) in [5.74, 6) is -2.06. The fraction of sp³-hybridized carbons (Fsp3) is 0.417. The van der Waals surface area contributed by atoms with Crippen LogP contribution in [0.5, 0.6) is 0 Å². The molecule has 0 heterocycles. The highest BCUT2D eigenvalue weighted by Crippen LogP contribution is 2.18. The Balaban J connectivity index is 2.62. The topological polar surface area (TPSA) is 55.1 Å². The molecule has 0 aliphatic carbocycles. The van der Waals surface area contributed by atoms with Gasteiger partial charge in [-0.25, -0.2) is 8.78 Å². The fourth-order valence-corrected chi connectivity index (χ4v) is 1.52. The summed E-state index contributed by atoms with van der Waals surface area (Å²) in [6, 6.07) is 3.13. The van der Waals surface area contributed by atoms with Gasteiger partial charge in [0.05, 0.1) is 0 Å². The van der Waals surface area contributed by atoms with Gasteiger partial charge in [0.25, 0.3) is 0 Å². The van der Waals surface area contributed by atoms with Crippen molar-refractivity contribution in [3.63, 3.8) is 0 Å². The molecule has 0 spiro atoms. The monoisotopic (exact) mass is 242 g/mol. The molecule has 0 aliphatic rings. The molecule has 5 heteroatoms. The van der Waals surface area contributed by atoms with Crippen LogP contribution in [0.25, 0.3) is 0 Å². The van der Waals surface area contributed by atoms with Crippen molar-refractivity contribution in [2.24, 2.45) is 5.73 Å². The van der Waals surface area contributed by atoms with E-state index in [2.05, 4.69) is 5.32 Å². The number of nitrogens with two attached hydrogens (primary N) is 1. The van der Waals surface area contributed by atoms with Gasteiger partial charge < -0.3 is 11.1 Å². The Hall–Kier alpha value is -1.49. The summed E-state index contributed by atoms with van der Waals surface area (Å²) >= 11 is 0. The van der Waals surface area contributed by atoms with Crippen LogP contribution in [0, 0.1) is 11.6 Å². The minimum atomic E-state index is -0.789. The molecule has 0 saturated carbocycles. The Morgan fingerprint density at radius 3 is 2.53 bits per heavy atom. The Morgan fingerprint density at radius 2 is 2.00 bits per heavy atom. The lowest BCUT2D eigenvalue weighted by Gasteiger charge is -2.11. The maximum absolute atomic E-state index is 13.2. The number of carbonyl (C=O) groups excluding carboxylic acids is 1. The quantitative estimate of drug-likeness (QED) is 0.833. The number of carbonyl (C=O) groups is 1. The van der Waals surface area contributed by atoms with Gasteiger partial charge >= 0.3 is 0 Å². The van der Waals surface area contributed by atoms with Crippen molar-refractivity contribution in [3.05, 3.63) is 29.8 Å². The number of anilines is 1. The minimum Gasteiger partial charge on any atom is -0.327 e. The summed E-state index contributed by atoms with van der Waals surface area (Å²) in [6.45, 7) is 1.95. The van der Waals surface area contributed by atoms with Crippen LogP contribution < -0.4 is 11.1 Å². The van der Waals surface area contributed by atoms with Crippen LogP contribution in [0.3, 0.4) is 0 Å². The highest BCUT2D eigenvalue weighted by molar-refractivity contribution is 5.91. The van der Waals surface area contributed by atoms with Crippen molar-refractivity contribution in [2.45, 2.75) is 32.2 Å². The molecule has 0 aromatic heterocycles. The SMILES string of the molecule is CCCC(N)CC(=O)Nc1c(F)cccc1F. The van der Waals surface area contributed by atoms with Crippen molar-refractivity contribution >= 4 is 11.6 Å². The van der Waals surface area contributed by atoms with Crippen LogP contribution in [-0.2, 0) is 4.79 Å². The van der Waals surface area contributed by atoms with Crippen molar-refractivity contribution < 1.29 is 13.6 Å². The Labute approximate surface area is 99.0 Å². The Kier molecular flexibility index (Phi) is 5.03. The molecule has 94 valence electrons. The number of hydrogen-bond donors (Lipinski definition) is 2. The molecule has 3 N–H and O–H groups in total. The summed E-state index contributed by atoms with van der Waals surface area (Å²) in [5, 5.41) is 2.20. The largest absolute Gasteiger partial charge is 0.327 e. The first-order chi connectivity index (χ1) is 8.04. The van der Waals surface area contributed by atoms with Gasteiger partial charge in [-0.3, -0.25) is 4.79 Å².